The van der Waals surface area contributed by atoms with Crippen LogP contribution in [-0.4, -0.2) is 9.38 Å². The molecule has 0 unspecified atom stereocenters. The Morgan fingerprint density at radius 1 is 1.31 bits per heavy atom. The molecule has 0 aliphatic heterocycles. The maximum atomic E-state index is 4.46. The van der Waals surface area contributed by atoms with Crippen LogP contribution in [0.4, 0.5) is 0 Å². The Hall–Kier alpha value is -1.13. The predicted octanol–water partition coefficient (Wildman–Crippen LogP) is 3.75. The summed E-state index contributed by atoms with van der Waals surface area (Å²) in [5, 5.41) is 2.10. The number of hydrogen-bond donors (Lipinski definition) is 0. The van der Waals surface area contributed by atoms with E-state index in [9.17, 15) is 0 Å². The van der Waals surface area contributed by atoms with Crippen LogP contribution in [0.25, 0.3) is 5.52 Å². The lowest BCUT2D eigenvalue weighted by atomic mass is 10.3. The van der Waals surface area contributed by atoms with Gasteiger partial charge in [0.2, 0.25) is 0 Å². The first-order valence-corrected chi connectivity index (χ1v) is 6.64. The number of rotatable bonds is 2. The zero-order chi connectivity index (χ0) is 11.0. The molecule has 0 N–H and O–H groups in total. The summed E-state index contributed by atoms with van der Waals surface area (Å²) in [5.41, 5.74) is 1.13. The number of imidazole rings is 1. The van der Waals surface area contributed by atoms with Gasteiger partial charge in [0.05, 0.1) is 11.7 Å². The normalized spacial score (nSPS) is 11.1. The van der Waals surface area contributed by atoms with Gasteiger partial charge in [-0.25, -0.2) is 4.98 Å². The molecule has 3 aromatic heterocycles. The standard InChI is InChI=1S/C12H9BrN2S/c13-9-3-4-10-7-14-12(15(10)8-9)6-11-2-1-5-16-11/h1-5,7-8H,6H2. The van der Waals surface area contributed by atoms with E-state index in [1.165, 1.54) is 4.88 Å². The van der Waals surface area contributed by atoms with Crippen LogP contribution in [-0.2, 0) is 6.42 Å². The molecular formula is C12H9BrN2S. The maximum Gasteiger partial charge on any atom is 0.118 e. The van der Waals surface area contributed by atoms with E-state index in [1.807, 2.05) is 12.3 Å². The van der Waals surface area contributed by atoms with Crippen LogP contribution in [0.1, 0.15) is 10.7 Å². The first-order chi connectivity index (χ1) is 7.83. The van der Waals surface area contributed by atoms with Crippen molar-refractivity contribution in [2.75, 3.05) is 0 Å². The van der Waals surface area contributed by atoms with Crippen molar-refractivity contribution >= 4 is 32.8 Å². The molecule has 0 atom stereocenters. The first-order valence-electron chi connectivity index (χ1n) is 4.97. The van der Waals surface area contributed by atoms with Crippen molar-refractivity contribution in [2.45, 2.75) is 6.42 Å². The van der Waals surface area contributed by atoms with Gasteiger partial charge in [0.25, 0.3) is 0 Å². The number of fused-ring (bicyclic) bond motifs is 1. The highest BCUT2D eigenvalue weighted by atomic mass is 79.9. The Morgan fingerprint density at radius 2 is 2.25 bits per heavy atom. The largest absolute Gasteiger partial charge is 0.302 e. The second kappa shape index (κ2) is 4.03. The summed E-state index contributed by atoms with van der Waals surface area (Å²) in [4.78, 5) is 5.80. The summed E-state index contributed by atoms with van der Waals surface area (Å²) >= 11 is 5.25. The first kappa shape index (κ1) is 10.1. The summed E-state index contributed by atoms with van der Waals surface area (Å²) in [6.07, 6.45) is 4.86. The quantitative estimate of drug-likeness (QED) is 0.703. The molecule has 2 nitrogen and oxygen atoms in total. The lowest BCUT2D eigenvalue weighted by molar-refractivity contribution is 0.971. The second-order valence-electron chi connectivity index (χ2n) is 3.57. The molecule has 16 heavy (non-hydrogen) atoms. The second-order valence-corrected chi connectivity index (χ2v) is 5.52. The summed E-state index contributed by atoms with van der Waals surface area (Å²) in [5.74, 6) is 1.08. The van der Waals surface area contributed by atoms with Gasteiger partial charge in [-0.15, -0.1) is 11.3 Å². The van der Waals surface area contributed by atoms with Crippen molar-refractivity contribution < 1.29 is 0 Å². The van der Waals surface area contributed by atoms with E-state index in [-0.39, 0.29) is 0 Å². The van der Waals surface area contributed by atoms with Gasteiger partial charge in [0, 0.05) is 22.0 Å². The van der Waals surface area contributed by atoms with Crippen LogP contribution in [0.15, 0.2) is 46.5 Å². The van der Waals surface area contributed by atoms with Crippen LogP contribution >= 0.6 is 27.3 Å². The number of aromatic nitrogens is 2. The van der Waals surface area contributed by atoms with Gasteiger partial charge in [-0.05, 0) is 39.5 Å². The van der Waals surface area contributed by atoms with E-state index in [1.54, 1.807) is 11.3 Å². The molecular weight excluding hydrogens is 284 g/mol. The molecule has 0 aromatic carbocycles. The number of thiophene rings is 1. The number of hydrogen-bond acceptors (Lipinski definition) is 2. The molecule has 0 saturated carbocycles. The SMILES string of the molecule is Brc1ccc2cnc(Cc3cccs3)n2c1. The van der Waals surface area contributed by atoms with E-state index >= 15 is 0 Å². The van der Waals surface area contributed by atoms with Crippen molar-refractivity contribution in [3.8, 4) is 0 Å². The van der Waals surface area contributed by atoms with Gasteiger partial charge < -0.3 is 4.40 Å². The molecule has 3 aromatic rings. The topological polar surface area (TPSA) is 17.3 Å². The van der Waals surface area contributed by atoms with E-state index in [0.717, 1.165) is 22.2 Å². The van der Waals surface area contributed by atoms with Gasteiger partial charge >= 0.3 is 0 Å². The summed E-state index contributed by atoms with van der Waals surface area (Å²) < 4.78 is 3.20. The van der Waals surface area contributed by atoms with E-state index < -0.39 is 0 Å². The fraction of sp³-hybridized carbons (Fsp3) is 0.0833. The molecule has 0 radical (unpaired) electrons. The predicted molar refractivity (Wildman–Crippen MR) is 70.0 cm³/mol. The fourth-order valence-corrected chi connectivity index (χ4v) is 2.76. The minimum atomic E-state index is 0.891. The summed E-state index contributed by atoms with van der Waals surface area (Å²) in [6.45, 7) is 0. The highest BCUT2D eigenvalue weighted by Gasteiger charge is 2.05. The number of nitrogens with zero attached hydrogens (tertiary/aromatic N) is 2. The lowest BCUT2D eigenvalue weighted by Crippen LogP contribution is -1.94. The monoisotopic (exact) mass is 292 g/mol. The van der Waals surface area contributed by atoms with Gasteiger partial charge in [0.15, 0.2) is 0 Å². The van der Waals surface area contributed by atoms with Crippen molar-refractivity contribution in [1.29, 1.82) is 0 Å². The average Bonchev–Trinajstić information content (AvgIpc) is 2.90. The molecule has 0 bridgehead atoms. The molecule has 4 heteroatoms. The fourth-order valence-electron chi connectivity index (χ4n) is 1.72. The van der Waals surface area contributed by atoms with E-state index in [0.29, 0.717) is 0 Å². The van der Waals surface area contributed by atoms with Crippen LogP contribution in [0.5, 0.6) is 0 Å². The van der Waals surface area contributed by atoms with Gasteiger partial charge in [-0.2, -0.15) is 0 Å². The third-order valence-electron chi connectivity index (χ3n) is 2.48. The molecule has 0 aliphatic carbocycles. The number of pyridine rings is 1. The molecule has 0 amide bonds. The Labute approximate surface area is 106 Å². The maximum absolute atomic E-state index is 4.46. The Kier molecular flexibility index (Phi) is 2.53. The molecule has 80 valence electrons. The van der Waals surface area contributed by atoms with Crippen molar-refractivity contribution in [1.82, 2.24) is 9.38 Å². The summed E-state index contributed by atoms with van der Waals surface area (Å²) in [7, 11) is 0. The smallest absolute Gasteiger partial charge is 0.118 e. The third-order valence-corrected chi connectivity index (χ3v) is 3.83. The molecule has 0 saturated heterocycles. The minimum absolute atomic E-state index is 0.891. The Morgan fingerprint density at radius 3 is 3.06 bits per heavy atom. The zero-order valence-electron chi connectivity index (χ0n) is 8.43. The van der Waals surface area contributed by atoms with Crippen molar-refractivity contribution in [3.05, 3.63) is 57.2 Å². The van der Waals surface area contributed by atoms with Gasteiger partial charge in [0.1, 0.15) is 5.82 Å². The Balaban J connectivity index is 2.07. The van der Waals surface area contributed by atoms with Crippen LogP contribution < -0.4 is 0 Å². The minimum Gasteiger partial charge on any atom is -0.302 e. The van der Waals surface area contributed by atoms with Crippen LogP contribution in [0, 0.1) is 0 Å². The molecule has 0 aliphatic rings. The number of halogens is 1. The third kappa shape index (κ3) is 1.79. The van der Waals surface area contributed by atoms with Crippen LogP contribution in [0.2, 0.25) is 0 Å². The lowest BCUT2D eigenvalue weighted by Gasteiger charge is -2.00. The zero-order valence-corrected chi connectivity index (χ0v) is 10.8. The Bertz CT molecular complexity index is 613. The molecule has 3 heterocycles. The van der Waals surface area contributed by atoms with E-state index in [2.05, 4.69) is 55.1 Å². The van der Waals surface area contributed by atoms with Crippen LogP contribution in [0.3, 0.4) is 0 Å². The van der Waals surface area contributed by atoms with Crippen molar-refractivity contribution in [2.24, 2.45) is 0 Å². The highest BCUT2D eigenvalue weighted by molar-refractivity contribution is 9.10. The molecule has 0 fully saturated rings. The van der Waals surface area contributed by atoms with Gasteiger partial charge in [-0.1, -0.05) is 6.07 Å². The summed E-state index contributed by atoms with van der Waals surface area (Å²) in [6, 6.07) is 8.32. The molecule has 3 rings (SSSR count). The van der Waals surface area contributed by atoms with E-state index in [4.69, 9.17) is 0 Å². The van der Waals surface area contributed by atoms with Gasteiger partial charge in [-0.3, -0.25) is 0 Å². The molecule has 0 spiro atoms. The average molecular weight is 293 g/mol. The van der Waals surface area contributed by atoms with Crippen molar-refractivity contribution in [3.63, 3.8) is 0 Å². The highest BCUT2D eigenvalue weighted by Crippen LogP contribution is 2.18.